The fourth-order valence-corrected chi connectivity index (χ4v) is 1.79. The largest absolute Gasteiger partial charge is 0.461 e. The number of carbonyl (C=O) groups excluding carboxylic acids is 1. The zero-order valence-corrected chi connectivity index (χ0v) is 10.6. The summed E-state index contributed by atoms with van der Waals surface area (Å²) in [7, 11) is 0. The van der Waals surface area contributed by atoms with Crippen LogP contribution < -0.4 is 0 Å². The van der Waals surface area contributed by atoms with Crippen molar-refractivity contribution in [3.8, 4) is 0 Å². The van der Waals surface area contributed by atoms with Crippen LogP contribution in [0.1, 0.15) is 18.5 Å². The Morgan fingerprint density at radius 3 is 2.57 bits per heavy atom. The van der Waals surface area contributed by atoms with E-state index >= 15 is 0 Å². The van der Waals surface area contributed by atoms with Gasteiger partial charge in [0.1, 0.15) is 0 Å². The highest BCUT2D eigenvalue weighted by atomic mass is 16.6. The summed E-state index contributed by atoms with van der Waals surface area (Å²) in [6.07, 6.45) is 0. The summed E-state index contributed by atoms with van der Waals surface area (Å²) in [5.74, 6) is -1.10. The minimum atomic E-state index is -1.86. The van der Waals surface area contributed by atoms with Gasteiger partial charge >= 0.3 is 17.7 Å². The molecule has 0 bridgehead atoms. The SMILES string of the molecule is CCOC(=O)C(c1ccc([N+](=O)[O-])c2nonc12)[N+](=O)[O-]. The van der Waals surface area contributed by atoms with Crippen molar-refractivity contribution in [2.24, 2.45) is 0 Å². The Labute approximate surface area is 115 Å². The molecule has 0 saturated carbocycles. The van der Waals surface area contributed by atoms with Gasteiger partial charge in [0.15, 0.2) is 5.52 Å². The Balaban J connectivity index is 2.62. The number of aromatic nitrogens is 2. The van der Waals surface area contributed by atoms with Crippen LogP contribution in [-0.2, 0) is 9.53 Å². The highest BCUT2D eigenvalue weighted by Gasteiger charge is 2.37. The number of rotatable bonds is 5. The van der Waals surface area contributed by atoms with Crippen LogP contribution in [-0.4, -0.2) is 32.7 Å². The van der Waals surface area contributed by atoms with Gasteiger partial charge in [0.2, 0.25) is 5.52 Å². The van der Waals surface area contributed by atoms with Crippen LogP contribution in [0.3, 0.4) is 0 Å². The molecule has 110 valence electrons. The Hall–Kier alpha value is -3.11. The smallest absolute Gasteiger partial charge is 0.386 e. The summed E-state index contributed by atoms with van der Waals surface area (Å²) < 4.78 is 9.02. The third kappa shape index (κ3) is 2.48. The molecule has 2 aromatic rings. The lowest BCUT2D eigenvalue weighted by Gasteiger charge is -2.08. The summed E-state index contributed by atoms with van der Waals surface area (Å²) in [6, 6.07) is 0.201. The molecule has 11 nitrogen and oxygen atoms in total. The third-order valence-electron chi connectivity index (χ3n) is 2.64. The van der Waals surface area contributed by atoms with Gasteiger partial charge in [-0.05, 0) is 23.3 Å². The third-order valence-corrected chi connectivity index (χ3v) is 2.64. The molecule has 0 spiro atoms. The maximum absolute atomic E-state index is 11.7. The van der Waals surface area contributed by atoms with Crippen LogP contribution in [0.25, 0.3) is 11.0 Å². The number of carbonyl (C=O) groups is 1. The van der Waals surface area contributed by atoms with Crippen molar-refractivity contribution >= 4 is 22.7 Å². The highest BCUT2D eigenvalue weighted by Crippen LogP contribution is 2.30. The van der Waals surface area contributed by atoms with Crippen molar-refractivity contribution in [3.05, 3.63) is 37.9 Å². The van der Waals surface area contributed by atoms with Gasteiger partial charge in [0, 0.05) is 11.0 Å². The minimum absolute atomic E-state index is 0.0453. The minimum Gasteiger partial charge on any atom is -0.461 e. The van der Waals surface area contributed by atoms with E-state index < -0.39 is 27.5 Å². The molecular formula is C10H8N4O7. The zero-order valence-electron chi connectivity index (χ0n) is 10.6. The van der Waals surface area contributed by atoms with E-state index in [2.05, 4.69) is 19.7 Å². The average molecular weight is 296 g/mol. The van der Waals surface area contributed by atoms with E-state index in [1.807, 2.05) is 0 Å². The van der Waals surface area contributed by atoms with E-state index in [0.29, 0.717) is 0 Å². The predicted molar refractivity (Wildman–Crippen MR) is 64.8 cm³/mol. The van der Waals surface area contributed by atoms with E-state index in [-0.39, 0.29) is 23.2 Å². The number of ether oxygens (including phenoxy) is 1. The van der Waals surface area contributed by atoms with Crippen molar-refractivity contribution in [3.63, 3.8) is 0 Å². The van der Waals surface area contributed by atoms with Crippen molar-refractivity contribution in [1.29, 1.82) is 0 Å². The molecule has 1 atom stereocenters. The van der Waals surface area contributed by atoms with E-state index in [1.165, 1.54) is 6.92 Å². The van der Waals surface area contributed by atoms with Gasteiger partial charge in [-0.2, -0.15) is 0 Å². The van der Waals surface area contributed by atoms with Crippen LogP contribution in [0.4, 0.5) is 5.69 Å². The van der Waals surface area contributed by atoms with Gasteiger partial charge in [-0.25, -0.2) is 9.42 Å². The number of esters is 1. The van der Waals surface area contributed by atoms with Crippen LogP contribution in [0.2, 0.25) is 0 Å². The van der Waals surface area contributed by atoms with Gasteiger partial charge in [-0.15, -0.1) is 0 Å². The first-order valence-corrected chi connectivity index (χ1v) is 5.67. The van der Waals surface area contributed by atoms with Crippen molar-refractivity contribution < 1.29 is 24.0 Å². The van der Waals surface area contributed by atoms with Crippen LogP contribution in [0.15, 0.2) is 16.8 Å². The number of non-ortho nitro benzene ring substituents is 1. The summed E-state index contributed by atoms with van der Waals surface area (Å²) in [5, 5.41) is 28.7. The second-order valence-corrected chi connectivity index (χ2v) is 3.83. The van der Waals surface area contributed by atoms with Crippen LogP contribution in [0, 0.1) is 20.2 Å². The Morgan fingerprint density at radius 2 is 2.00 bits per heavy atom. The van der Waals surface area contributed by atoms with E-state index in [9.17, 15) is 25.0 Å². The molecule has 0 fully saturated rings. The Bertz CT molecular complexity index is 725. The van der Waals surface area contributed by atoms with Crippen molar-refractivity contribution in [1.82, 2.24) is 10.3 Å². The first kappa shape index (κ1) is 14.3. The maximum Gasteiger partial charge on any atom is 0.386 e. The summed E-state index contributed by atoms with van der Waals surface area (Å²) in [6.45, 7) is 1.45. The zero-order chi connectivity index (χ0) is 15.6. The van der Waals surface area contributed by atoms with Gasteiger partial charge in [0.05, 0.1) is 17.1 Å². The number of hydrogen-bond donors (Lipinski definition) is 0. The summed E-state index contributed by atoms with van der Waals surface area (Å²) in [4.78, 5) is 32.0. The maximum atomic E-state index is 11.7. The number of nitro benzene ring substituents is 1. The van der Waals surface area contributed by atoms with Gasteiger partial charge in [0.25, 0.3) is 0 Å². The monoisotopic (exact) mass is 296 g/mol. The second kappa shape index (κ2) is 5.48. The van der Waals surface area contributed by atoms with Crippen molar-refractivity contribution in [2.75, 3.05) is 6.61 Å². The number of nitro groups is 2. The molecule has 0 aliphatic heterocycles. The molecule has 1 heterocycles. The first-order chi connectivity index (χ1) is 9.97. The number of benzene rings is 1. The van der Waals surface area contributed by atoms with Gasteiger partial charge in [-0.3, -0.25) is 20.2 Å². The highest BCUT2D eigenvalue weighted by molar-refractivity contribution is 5.90. The fourth-order valence-electron chi connectivity index (χ4n) is 1.79. The molecule has 0 N–H and O–H groups in total. The van der Waals surface area contributed by atoms with Gasteiger partial charge < -0.3 is 4.74 Å². The molecule has 1 unspecified atom stereocenters. The normalized spacial score (nSPS) is 12.0. The first-order valence-electron chi connectivity index (χ1n) is 5.67. The Morgan fingerprint density at radius 1 is 1.33 bits per heavy atom. The molecule has 0 amide bonds. The molecule has 0 aliphatic rings. The van der Waals surface area contributed by atoms with Gasteiger partial charge in [-0.1, -0.05) is 0 Å². The average Bonchev–Trinajstić information content (AvgIpc) is 2.87. The van der Waals surface area contributed by atoms with E-state index in [4.69, 9.17) is 0 Å². The molecule has 0 radical (unpaired) electrons. The summed E-state index contributed by atoms with van der Waals surface area (Å²) >= 11 is 0. The molecule has 1 aromatic carbocycles. The second-order valence-electron chi connectivity index (χ2n) is 3.83. The van der Waals surface area contributed by atoms with Crippen LogP contribution in [0.5, 0.6) is 0 Å². The van der Waals surface area contributed by atoms with Crippen molar-refractivity contribution in [2.45, 2.75) is 13.0 Å². The molecule has 0 aliphatic carbocycles. The predicted octanol–water partition coefficient (Wildman–Crippen LogP) is 1.01. The molecule has 21 heavy (non-hydrogen) atoms. The lowest BCUT2D eigenvalue weighted by Crippen LogP contribution is -2.23. The van der Waals surface area contributed by atoms with E-state index in [0.717, 1.165) is 12.1 Å². The number of nitrogens with zero attached hydrogens (tertiary/aromatic N) is 4. The van der Waals surface area contributed by atoms with Crippen LogP contribution >= 0.6 is 0 Å². The Kier molecular flexibility index (Phi) is 3.73. The topological polar surface area (TPSA) is 152 Å². The lowest BCUT2D eigenvalue weighted by molar-refractivity contribution is -0.516. The summed E-state index contributed by atoms with van der Waals surface area (Å²) in [5.41, 5.74) is -1.10. The number of fused-ring (bicyclic) bond motifs is 1. The lowest BCUT2D eigenvalue weighted by atomic mass is 10.0. The molecule has 2 rings (SSSR count). The number of hydrogen-bond acceptors (Lipinski definition) is 9. The van der Waals surface area contributed by atoms with E-state index in [1.54, 1.807) is 0 Å². The fraction of sp³-hybridized carbons (Fsp3) is 0.300. The molecular weight excluding hydrogens is 288 g/mol. The quantitative estimate of drug-likeness (QED) is 0.447. The molecule has 0 saturated heterocycles. The molecule has 1 aromatic heterocycles. The molecule has 11 heteroatoms. The standard InChI is InChI=1S/C10H8N4O7/c1-2-20-10(15)9(14(18)19)5-3-4-6(13(16)17)8-7(5)11-21-12-8/h3-4,9H,2H2,1H3.